The Hall–Kier alpha value is -5.10. The fraction of sp³-hybridized carbons (Fsp3) is 0.375. The van der Waals surface area contributed by atoms with E-state index in [1.807, 2.05) is 26.0 Å². The summed E-state index contributed by atoms with van der Waals surface area (Å²) in [5.74, 6) is 0.241. The number of amides is 2. The Kier molecular flexibility index (Phi) is 9.60. The number of furan rings is 1. The van der Waals surface area contributed by atoms with Crippen LogP contribution in [0.5, 0.6) is 0 Å². The van der Waals surface area contributed by atoms with Gasteiger partial charge in [0.1, 0.15) is 17.8 Å². The average Bonchev–Trinajstić information content (AvgIpc) is 3.60. The van der Waals surface area contributed by atoms with Gasteiger partial charge in [0.15, 0.2) is 5.82 Å². The first-order chi connectivity index (χ1) is 24.9. The van der Waals surface area contributed by atoms with Gasteiger partial charge in [0.05, 0.1) is 35.0 Å². The number of hydrogen-bond acceptors (Lipinski definition) is 8. The molecular weight excluding hydrogens is 669 g/mol. The van der Waals surface area contributed by atoms with Gasteiger partial charge >= 0.3 is 0 Å². The third-order valence-electron chi connectivity index (χ3n) is 10.8. The summed E-state index contributed by atoms with van der Waals surface area (Å²) in [4.78, 5) is 31.5. The molecule has 3 aromatic heterocycles. The van der Waals surface area contributed by atoms with E-state index in [4.69, 9.17) is 4.42 Å². The molecule has 52 heavy (non-hydrogen) atoms. The first-order valence-electron chi connectivity index (χ1n) is 17.6. The molecule has 5 aromatic rings. The zero-order valence-electron chi connectivity index (χ0n) is 29.6. The molecule has 0 radical (unpaired) electrons. The van der Waals surface area contributed by atoms with E-state index in [0.717, 1.165) is 54.3 Å². The van der Waals surface area contributed by atoms with Crippen molar-refractivity contribution in [1.29, 1.82) is 0 Å². The van der Waals surface area contributed by atoms with Gasteiger partial charge < -0.3 is 9.73 Å². The molecule has 2 atom stereocenters. The van der Waals surface area contributed by atoms with Crippen LogP contribution in [-0.2, 0) is 21.5 Å². The molecule has 2 fully saturated rings. The van der Waals surface area contributed by atoms with Crippen LogP contribution in [0, 0.1) is 19.7 Å². The molecule has 2 unspecified atom stereocenters. The Balaban J connectivity index is 1.02. The number of carbonyl (C=O) groups is 2. The second kappa shape index (κ2) is 14.1. The lowest BCUT2D eigenvalue weighted by atomic mass is 9.74. The number of rotatable bonds is 9. The standard InChI is InChI=1S/C40H41F3N6O3/c1-22-16-27(40(4)13-10-35(50)46-39(40)51)8-9-29(22)25-11-14-49(15-12-25)20-28-17-26(21-52-28)34-18-32-33(19-44-34)24(3)47-48-38(32)45-23(2)30-6-5-7-31(36(30)41)37(42)43/h5-9,16-19,21,23,25,37H,10-15,20H2,1-4H3,(H,45,48)(H,46,50,51). The summed E-state index contributed by atoms with van der Waals surface area (Å²) in [5.41, 5.74) is 4.33. The molecule has 7 rings (SSSR count). The Bertz CT molecular complexity index is 2160. The van der Waals surface area contributed by atoms with E-state index < -0.39 is 29.3 Å². The molecule has 0 bridgehead atoms. The molecule has 2 aromatic carbocycles. The zero-order valence-corrected chi connectivity index (χ0v) is 29.6. The van der Waals surface area contributed by atoms with Crippen molar-refractivity contribution < 1.29 is 27.2 Å². The fourth-order valence-corrected chi connectivity index (χ4v) is 7.57. The first-order valence-corrected chi connectivity index (χ1v) is 17.6. The largest absolute Gasteiger partial charge is 0.467 e. The second-order valence-electron chi connectivity index (χ2n) is 14.3. The summed E-state index contributed by atoms with van der Waals surface area (Å²) < 4.78 is 47.6. The minimum atomic E-state index is -2.92. The van der Waals surface area contributed by atoms with Crippen molar-refractivity contribution in [3.8, 4) is 11.3 Å². The lowest BCUT2D eigenvalue weighted by Gasteiger charge is -2.34. The molecule has 2 amide bonds. The van der Waals surface area contributed by atoms with Crippen LogP contribution in [0.3, 0.4) is 0 Å². The minimum Gasteiger partial charge on any atom is -0.467 e. The number of likely N-dealkylation sites (tertiary alicyclic amines) is 1. The highest BCUT2D eigenvalue weighted by Crippen LogP contribution is 2.37. The van der Waals surface area contributed by atoms with Gasteiger partial charge in [-0.25, -0.2) is 13.2 Å². The number of aromatic nitrogens is 3. The van der Waals surface area contributed by atoms with E-state index in [1.54, 1.807) is 19.4 Å². The van der Waals surface area contributed by atoms with Gasteiger partial charge in [-0.1, -0.05) is 36.4 Å². The molecule has 5 heterocycles. The number of carbonyl (C=O) groups excluding carboxylic acids is 2. The van der Waals surface area contributed by atoms with Crippen molar-refractivity contribution >= 4 is 28.4 Å². The molecule has 2 saturated heterocycles. The number of benzene rings is 2. The van der Waals surface area contributed by atoms with Gasteiger partial charge in [0.25, 0.3) is 6.43 Å². The number of anilines is 1. The van der Waals surface area contributed by atoms with Crippen LogP contribution in [-0.4, -0.2) is 45.0 Å². The molecule has 2 N–H and O–H groups in total. The zero-order chi connectivity index (χ0) is 36.7. The van der Waals surface area contributed by atoms with Gasteiger partial charge in [-0.3, -0.25) is 24.8 Å². The van der Waals surface area contributed by atoms with Crippen molar-refractivity contribution in [2.24, 2.45) is 0 Å². The molecule has 12 heteroatoms. The predicted octanol–water partition coefficient (Wildman–Crippen LogP) is 8.23. The van der Waals surface area contributed by atoms with Gasteiger partial charge in [-0.05, 0) is 94.8 Å². The second-order valence-corrected chi connectivity index (χ2v) is 14.3. The topological polar surface area (TPSA) is 113 Å². The summed E-state index contributed by atoms with van der Waals surface area (Å²) in [6.45, 7) is 10.0. The van der Waals surface area contributed by atoms with Crippen LogP contribution in [0.15, 0.2) is 65.4 Å². The van der Waals surface area contributed by atoms with Crippen LogP contribution in [0.4, 0.5) is 19.0 Å². The van der Waals surface area contributed by atoms with Gasteiger partial charge in [0.2, 0.25) is 11.8 Å². The Morgan fingerprint density at radius 1 is 1.04 bits per heavy atom. The highest BCUT2D eigenvalue weighted by atomic mass is 19.3. The van der Waals surface area contributed by atoms with Crippen LogP contribution in [0.25, 0.3) is 22.0 Å². The molecule has 9 nitrogen and oxygen atoms in total. The highest BCUT2D eigenvalue weighted by molar-refractivity contribution is 6.03. The van der Waals surface area contributed by atoms with Gasteiger partial charge in [0, 0.05) is 34.5 Å². The summed E-state index contributed by atoms with van der Waals surface area (Å²) >= 11 is 0. The summed E-state index contributed by atoms with van der Waals surface area (Å²) in [7, 11) is 0. The Morgan fingerprint density at radius 3 is 2.54 bits per heavy atom. The summed E-state index contributed by atoms with van der Waals surface area (Å²) in [6.07, 6.45) is 3.34. The van der Waals surface area contributed by atoms with E-state index in [9.17, 15) is 22.8 Å². The van der Waals surface area contributed by atoms with Crippen molar-refractivity contribution in [3.63, 3.8) is 0 Å². The van der Waals surface area contributed by atoms with Gasteiger partial charge in [-0.15, -0.1) is 5.10 Å². The predicted molar refractivity (Wildman–Crippen MR) is 191 cm³/mol. The molecule has 2 aliphatic heterocycles. The summed E-state index contributed by atoms with van der Waals surface area (Å²) in [5, 5.41) is 15.7. The SMILES string of the molecule is Cc1cc(C2(C)CCC(=O)NC2=O)ccc1C1CCN(Cc2cc(-c3cc4c(NC(C)c5cccc(C(F)F)c5F)nnc(C)c4cn3)co2)CC1. The average molecular weight is 711 g/mol. The maximum absolute atomic E-state index is 14.9. The number of imide groups is 1. The number of nitrogens with zero attached hydrogens (tertiary/aromatic N) is 4. The maximum Gasteiger partial charge on any atom is 0.266 e. The van der Waals surface area contributed by atoms with Crippen molar-refractivity contribution in [2.75, 3.05) is 18.4 Å². The molecule has 270 valence electrons. The maximum atomic E-state index is 14.9. The van der Waals surface area contributed by atoms with Crippen molar-refractivity contribution in [3.05, 3.63) is 106 Å². The first kappa shape index (κ1) is 35.3. The number of hydrogen-bond donors (Lipinski definition) is 2. The van der Waals surface area contributed by atoms with Crippen molar-refractivity contribution in [2.45, 2.75) is 83.7 Å². The molecule has 2 aliphatic rings. The smallest absolute Gasteiger partial charge is 0.266 e. The quantitative estimate of drug-likeness (QED) is 0.147. The highest BCUT2D eigenvalue weighted by Gasteiger charge is 2.40. The number of alkyl halides is 2. The van der Waals surface area contributed by atoms with E-state index in [0.29, 0.717) is 47.9 Å². The monoisotopic (exact) mass is 710 g/mol. The van der Waals surface area contributed by atoms with E-state index in [2.05, 4.69) is 55.8 Å². The van der Waals surface area contributed by atoms with E-state index in [-0.39, 0.29) is 17.4 Å². The normalized spacial score (nSPS) is 19.3. The Labute approximate surface area is 300 Å². The summed E-state index contributed by atoms with van der Waals surface area (Å²) in [6, 6.07) is 13.5. The van der Waals surface area contributed by atoms with Crippen LogP contribution in [0.1, 0.15) is 97.2 Å². The Morgan fingerprint density at radius 2 is 1.81 bits per heavy atom. The number of aryl methyl sites for hydroxylation is 2. The lowest BCUT2D eigenvalue weighted by Crippen LogP contribution is -2.49. The molecule has 0 saturated carbocycles. The molecular formula is C40H41F3N6O3. The lowest BCUT2D eigenvalue weighted by molar-refractivity contribution is -0.137. The third-order valence-corrected chi connectivity index (χ3v) is 10.8. The van der Waals surface area contributed by atoms with Crippen LogP contribution >= 0.6 is 0 Å². The van der Waals surface area contributed by atoms with Crippen molar-refractivity contribution in [1.82, 2.24) is 25.4 Å². The van der Waals surface area contributed by atoms with E-state index in [1.165, 1.54) is 23.3 Å². The third kappa shape index (κ3) is 6.79. The molecule has 0 aliphatic carbocycles. The van der Waals surface area contributed by atoms with E-state index >= 15 is 0 Å². The van der Waals surface area contributed by atoms with Crippen LogP contribution in [0.2, 0.25) is 0 Å². The fourth-order valence-electron chi connectivity index (χ4n) is 7.57. The number of piperidine rings is 2. The molecule has 0 spiro atoms. The number of halogens is 3. The van der Waals surface area contributed by atoms with Crippen LogP contribution < -0.4 is 10.6 Å². The number of nitrogens with one attached hydrogen (secondary N) is 2. The minimum absolute atomic E-state index is 0.110. The van der Waals surface area contributed by atoms with Gasteiger partial charge in [-0.2, -0.15) is 5.10 Å². The number of fused-ring (bicyclic) bond motifs is 1. The number of pyridine rings is 1.